The molecular weight excluding hydrogens is 235 g/mol. The van der Waals surface area contributed by atoms with E-state index in [9.17, 15) is 4.39 Å². The van der Waals surface area contributed by atoms with Crippen LogP contribution in [0.25, 0.3) is 5.69 Å². The van der Waals surface area contributed by atoms with Crippen molar-refractivity contribution in [2.24, 2.45) is 5.92 Å². The lowest BCUT2D eigenvalue weighted by Gasteiger charge is -2.04. The molecule has 1 N–H and O–H groups in total. The van der Waals surface area contributed by atoms with E-state index in [2.05, 4.69) is 18.9 Å². The zero-order valence-electron chi connectivity index (χ0n) is 9.90. The number of aromatic amines is 1. The van der Waals surface area contributed by atoms with E-state index < -0.39 is 0 Å². The molecule has 2 nitrogen and oxygen atoms in total. The van der Waals surface area contributed by atoms with Gasteiger partial charge in [-0.05, 0) is 36.6 Å². The molecule has 0 saturated heterocycles. The van der Waals surface area contributed by atoms with E-state index >= 15 is 0 Å². The van der Waals surface area contributed by atoms with Crippen molar-refractivity contribution in [3.8, 4) is 5.69 Å². The molecule has 1 aromatic carbocycles. The maximum Gasteiger partial charge on any atom is 0.127 e. The molecule has 0 saturated carbocycles. The van der Waals surface area contributed by atoms with Gasteiger partial charge >= 0.3 is 0 Å². The highest BCUT2D eigenvalue weighted by molar-refractivity contribution is 7.71. The van der Waals surface area contributed by atoms with Crippen LogP contribution < -0.4 is 0 Å². The Kier molecular flexibility index (Phi) is 3.43. The van der Waals surface area contributed by atoms with E-state index in [4.69, 9.17) is 12.2 Å². The molecule has 0 aliphatic carbocycles. The van der Waals surface area contributed by atoms with Crippen LogP contribution in [0, 0.1) is 16.4 Å². The van der Waals surface area contributed by atoms with Crippen molar-refractivity contribution < 1.29 is 4.39 Å². The summed E-state index contributed by atoms with van der Waals surface area (Å²) in [5, 5.41) is 3.20. The third kappa shape index (κ3) is 2.82. The molecule has 0 radical (unpaired) electrons. The van der Waals surface area contributed by atoms with Crippen molar-refractivity contribution in [1.29, 1.82) is 0 Å². The van der Waals surface area contributed by atoms with Gasteiger partial charge in [-0.25, -0.2) is 9.07 Å². The third-order valence-corrected chi connectivity index (χ3v) is 2.77. The fraction of sp³-hybridized carbons (Fsp3) is 0.308. The van der Waals surface area contributed by atoms with E-state index in [1.54, 1.807) is 10.7 Å². The lowest BCUT2D eigenvalue weighted by molar-refractivity contribution is 0.620. The van der Waals surface area contributed by atoms with Gasteiger partial charge in [0.15, 0.2) is 0 Å². The SMILES string of the molecule is CC(C)Cc1cc(=S)n(-c2cccc(F)c2)[nH]1. The number of H-pyrrole nitrogens is 1. The molecule has 1 aromatic heterocycles. The normalized spacial score (nSPS) is 11.1. The number of nitrogens with zero attached hydrogens (tertiary/aromatic N) is 1. The van der Waals surface area contributed by atoms with E-state index in [0.717, 1.165) is 17.8 Å². The maximum absolute atomic E-state index is 13.1. The van der Waals surface area contributed by atoms with Crippen molar-refractivity contribution in [3.05, 3.63) is 46.5 Å². The van der Waals surface area contributed by atoms with Gasteiger partial charge in [0, 0.05) is 5.69 Å². The Labute approximate surface area is 105 Å². The van der Waals surface area contributed by atoms with Crippen molar-refractivity contribution >= 4 is 12.2 Å². The second-order valence-corrected chi connectivity index (χ2v) is 4.95. The average molecular weight is 250 g/mol. The molecule has 0 spiro atoms. The highest BCUT2D eigenvalue weighted by Crippen LogP contribution is 2.13. The Hall–Kier alpha value is -1.42. The van der Waals surface area contributed by atoms with Gasteiger partial charge in [0.25, 0.3) is 0 Å². The number of benzene rings is 1. The largest absolute Gasteiger partial charge is 0.297 e. The van der Waals surface area contributed by atoms with Crippen LogP contribution in [0.5, 0.6) is 0 Å². The molecule has 0 atom stereocenters. The number of halogens is 1. The molecule has 0 unspecified atom stereocenters. The summed E-state index contributed by atoms with van der Waals surface area (Å²) in [6.07, 6.45) is 0.936. The molecule has 0 aliphatic heterocycles. The quantitative estimate of drug-likeness (QED) is 0.820. The number of hydrogen-bond donors (Lipinski definition) is 1. The van der Waals surface area contributed by atoms with Gasteiger partial charge < -0.3 is 0 Å². The summed E-state index contributed by atoms with van der Waals surface area (Å²) in [5.41, 5.74) is 1.80. The molecule has 0 amide bonds. The molecule has 1 heterocycles. The van der Waals surface area contributed by atoms with Gasteiger partial charge in [0.1, 0.15) is 10.5 Å². The zero-order valence-corrected chi connectivity index (χ0v) is 10.7. The van der Waals surface area contributed by atoms with Crippen molar-refractivity contribution in [2.75, 3.05) is 0 Å². The number of rotatable bonds is 3. The predicted molar refractivity (Wildman–Crippen MR) is 69.5 cm³/mol. The Balaban J connectivity index is 2.39. The Morgan fingerprint density at radius 1 is 1.35 bits per heavy atom. The van der Waals surface area contributed by atoms with Gasteiger partial charge in [-0.15, -0.1) is 0 Å². The van der Waals surface area contributed by atoms with Gasteiger partial charge in [0.05, 0.1) is 5.69 Å². The minimum absolute atomic E-state index is 0.260. The maximum atomic E-state index is 13.1. The van der Waals surface area contributed by atoms with Crippen LogP contribution in [0.1, 0.15) is 19.5 Å². The summed E-state index contributed by atoms with van der Waals surface area (Å²) < 4.78 is 15.5. The third-order valence-electron chi connectivity index (χ3n) is 2.47. The fourth-order valence-electron chi connectivity index (χ4n) is 1.80. The first-order valence-corrected chi connectivity index (χ1v) is 6.04. The smallest absolute Gasteiger partial charge is 0.127 e. The molecule has 4 heteroatoms. The first-order chi connectivity index (χ1) is 8.06. The van der Waals surface area contributed by atoms with Gasteiger partial charge in [-0.1, -0.05) is 32.1 Å². The lowest BCUT2D eigenvalue weighted by Crippen LogP contribution is -2.00. The molecule has 2 rings (SSSR count). The van der Waals surface area contributed by atoms with Crippen molar-refractivity contribution in [1.82, 2.24) is 9.78 Å². The van der Waals surface area contributed by atoms with Gasteiger partial charge in [0.2, 0.25) is 0 Å². The van der Waals surface area contributed by atoms with E-state index in [0.29, 0.717) is 10.6 Å². The van der Waals surface area contributed by atoms with Crippen LogP contribution in [-0.2, 0) is 6.42 Å². The molecule has 0 aliphatic rings. The molecule has 2 aromatic rings. The Morgan fingerprint density at radius 3 is 2.76 bits per heavy atom. The summed E-state index contributed by atoms with van der Waals surface area (Å²) in [7, 11) is 0. The highest BCUT2D eigenvalue weighted by Gasteiger charge is 2.05. The van der Waals surface area contributed by atoms with Crippen LogP contribution in [0.3, 0.4) is 0 Å². The fourth-order valence-corrected chi connectivity index (χ4v) is 2.09. The van der Waals surface area contributed by atoms with Crippen LogP contribution in [0.2, 0.25) is 0 Å². The van der Waals surface area contributed by atoms with Crippen LogP contribution in [0.15, 0.2) is 30.3 Å². The zero-order chi connectivity index (χ0) is 12.4. The van der Waals surface area contributed by atoms with E-state index in [1.165, 1.54) is 12.1 Å². The first-order valence-electron chi connectivity index (χ1n) is 5.63. The van der Waals surface area contributed by atoms with Crippen LogP contribution in [0.4, 0.5) is 4.39 Å². The topological polar surface area (TPSA) is 20.7 Å². The Morgan fingerprint density at radius 2 is 2.12 bits per heavy atom. The predicted octanol–water partition coefficient (Wildman–Crippen LogP) is 3.87. The Bertz CT molecular complexity index is 569. The number of aromatic nitrogens is 2. The van der Waals surface area contributed by atoms with Crippen molar-refractivity contribution in [2.45, 2.75) is 20.3 Å². The van der Waals surface area contributed by atoms with E-state index in [-0.39, 0.29) is 5.82 Å². The van der Waals surface area contributed by atoms with E-state index in [1.807, 2.05) is 12.1 Å². The summed E-state index contributed by atoms with van der Waals surface area (Å²) in [6.45, 7) is 4.30. The summed E-state index contributed by atoms with van der Waals surface area (Å²) in [4.78, 5) is 0. The molecule has 90 valence electrons. The lowest BCUT2D eigenvalue weighted by atomic mass is 10.1. The standard InChI is InChI=1S/C13H15FN2S/c1-9(2)6-11-8-13(17)16(15-11)12-5-3-4-10(14)7-12/h3-5,7-9,15H,6H2,1-2H3. The highest BCUT2D eigenvalue weighted by atomic mass is 32.1. The number of nitrogens with one attached hydrogen (secondary N) is 1. The van der Waals surface area contributed by atoms with Crippen molar-refractivity contribution in [3.63, 3.8) is 0 Å². The molecule has 0 bridgehead atoms. The van der Waals surface area contributed by atoms with Gasteiger partial charge in [-0.2, -0.15) is 0 Å². The van der Waals surface area contributed by atoms with Crippen LogP contribution in [-0.4, -0.2) is 9.78 Å². The minimum Gasteiger partial charge on any atom is -0.297 e. The second-order valence-electron chi connectivity index (χ2n) is 4.53. The monoisotopic (exact) mass is 250 g/mol. The summed E-state index contributed by atoms with van der Waals surface area (Å²) >= 11 is 5.26. The molecule has 0 fully saturated rings. The number of hydrogen-bond acceptors (Lipinski definition) is 1. The second kappa shape index (κ2) is 4.84. The van der Waals surface area contributed by atoms with Crippen LogP contribution >= 0.6 is 12.2 Å². The average Bonchev–Trinajstić information content (AvgIpc) is 2.58. The van der Waals surface area contributed by atoms with Gasteiger partial charge in [-0.3, -0.25) is 5.10 Å². The molecular formula is C13H15FN2S. The molecule has 17 heavy (non-hydrogen) atoms. The summed E-state index contributed by atoms with van der Waals surface area (Å²) in [5.74, 6) is 0.299. The minimum atomic E-state index is -0.260. The summed E-state index contributed by atoms with van der Waals surface area (Å²) in [6, 6.07) is 8.32. The first kappa shape index (κ1) is 12.0.